The second kappa shape index (κ2) is 5.77. The van der Waals surface area contributed by atoms with Crippen LogP contribution in [0.15, 0.2) is 42.7 Å². The molecule has 0 saturated heterocycles. The van der Waals surface area contributed by atoms with Gasteiger partial charge in [-0.3, -0.25) is 9.48 Å². The van der Waals surface area contributed by atoms with Crippen LogP contribution in [-0.4, -0.2) is 28.8 Å². The summed E-state index contributed by atoms with van der Waals surface area (Å²) in [4.78, 5) is 12.3. The van der Waals surface area contributed by atoms with Crippen molar-refractivity contribution in [3.05, 3.63) is 48.3 Å². The van der Waals surface area contributed by atoms with Gasteiger partial charge >= 0.3 is 0 Å². The van der Waals surface area contributed by atoms with Crippen LogP contribution in [0.4, 0.5) is 5.69 Å². The number of hydrogen-bond donors (Lipinski definition) is 2. The maximum Gasteiger partial charge on any atom is 0.227 e. The molecule has 0 aliphatic carbocycles. The Bertz CT molecular complexity index is 579. The van der Waals surface area contributed by atoms with E-state index in [-0.39, 0.29) is 11.8 Å². The summed E-state index contributed by atoms with van der Waals surface area (Å²) in [6, 6.07) is 9.91. The molecule has 1 atom stereocenters. The first-order chi connectivity index (χ1) is 9.84. The molecule has 1 amide bonds. The summed E-state index contributed by atoms with van der Waals surface area (Å²) < 4.78 is 1.82. The first-order valence-electron chi connectivity index (χ1n) is 6.92. The molecule has 1 aliphatic heterocycles. The Morgan fingerprint density at radius 1 is 1.40 bits per heavy atom. The largest absolute Gasteiger partial charge is 0.385 e. The summed E-state index contributed by atoms with van der Waals surface area (Å²) in [5.41, 5.74) is 2.17. The van der Waals surface area contributed by atoms with Gasteiger partial charge in [0.2, 0.25) is 5.91 Å². The lowest BCUT2D eigenvalue weighted by atomic mass is 9.90. The highest BCUT2D eigenvalue weighted by Gasteiger charge is 2.25. The summed E-state index contributed by atoms with van der Waals surface area (Å²) >= 11 is 0. The molecule has 0 spiro atoms. The fourth-order valence-corrected chi connectivity index (χ4v) is 2.59. The first-order valence-corrected chi connectivity index (χ1v) is 6.92. The predicted octanol–water partition coefficient (Wildman–Crippen LogP) is 1.60. The van der Waals surface area contributed by atoms with Crippen LogP contribution in [-0.2, 0) is 11.3 Å². The maximum absolute atomic E-state index is 12.3. The summed E-state index contributed by atoms with van der Waals surface area (Å²) in [6.45, 7) is 2.15. The summed E-state index contributed by atoms with van der Waals surface area (Å²) in [6.07, 6.45) is 4.47. The zero-order valence-corrected chi connectivity index (χ0v) is 11.2. The molecule has 5 nitrogen and oxygen atoms in total. The van der Waals surface area contributed by atoms with Crippen molar-refractivity contribution in [2.75, 3.05) is 18.4 Å². The number of nitrogens with zero attached hydrogens (tertiary/aromatic N) is 2. The van der Waals surface area contributed by atoms with Gasteiger partial charge in [-0.2, -0.15) is 5.10 Å². The van der Waals surface area contributed by atoms with Crippen molar-refractivity contribution in [3.63, 3.8) is 0 Å². The van der Waals surface area contributed by atoms with Gasteiger partial charge in [0.15, 0.2) is 0 Å². The van der Waals surface area contributed by atoms with Crippen molar-refractivity contribution in [1.29, 1.82) is 0 Å². The lowest BCUT2D eigenvalue weighted by Crippen LogP contribution is -2.34. The Morgan fingerprint density at radius 2 is 2.30 bits per heavy atom. The molecule has 104 valence electrons. The number of hydrogen-bond acceptors (Lipinski definition) is 3. The molecule has 1 aromatic carbocycles. The van der Waals surface area contributed by atoms with E-state index < -0.39 is 0 Å². The van der Waals surface area contributed by atoms with Crippen molar-refractivity contribution in [2.24, 2.45) is 0 Å². The number of rotatable bonds is 4. The topological polar surface area (TPSA) is 59.0 Å². The van der Waals surface area contributed by atoms with Gasteiger partial charge in [0.25, 0.3) is 0 Å². The highest BCUT2D eigenvalue weighted by Crippen LogP contribution is 2.31. The average Bonchev–Trinajstić information content (AvgIpc) is 3.00. The number of benzene rings is 1. The van der Waals surface area contributed by atoms with Gasteiger partial charge in [0, 0.05) is 31.2 Å². The van der Waals surface area contributed by atoms with Crippen LogP contribution in [0.25, 0.3) is 0 Å². The number of para-hydroxylation sites is 1. The van der Waals surface area contributed by atoms with Gasteiger partial charge in [-0.1, -0.05) is 18.2 Å². The molecule has 0 radical (unpaired) electrons. The van der Waals surface area contributed by atoms with Gasteiger partial charge in [-0.25, -0.2) is 0 Å². The minimum atomic E-state index is -0.0509. The Hall–Kier alpha value is -2.30. The number of amides is 1. The average molecular weight is 270 g/mol. The third-order valence-electron chi connectivity index (χ3n) is 3.60. The van der Waals surface area contributed by atoms with Gasteiger partial charge in [-0.05, 0) is 24.1 Å². The maximum atomic E-state index is 12.3. The molecule has 0 bridgehead atoms. The zero-order valence-electron chi connectivity index (χ0n) is 11.2. The number of fused-ring (bicyclic) bond motifs is 1. The fraction of sp³-hybridized carbons (Fsp3) is 0.333. The molecule has 5 heteroatoms. The second-order valence-corrected chi connectivity index (χ2v) is 4.92. The highest BCUT2D eigenvalue weighted by molar-refractivity contribution is 5.86. The van der Waals surface area contributed by atoms with Crippen molar-refractivity contribution < 1.29 is 4.79 Å². The predicted molar refractivity (Wildman–Crippen MR) is 77.5 cm³/mol. The summed E-state index contributed by atoms with van der Waals surface area (Å²) in [5, 5.41) is 10.5. The van der Waals surface area contributed by atoms with E-state index in [1.807, 2.05) is 41.2 Å². The number of nitrogens with one attached hydrogen (secondary N) is 2. The van der Waals surface area contributed by atoms with Crippen LogP contribution < -0.4 is 10.6 Å². The van der Waals surface area contributed by atoms with Crippen molar-refractivity contribution in [3.8, 4) is 0 Å². The van der Waals surface area contributed by atoms with Gasteiger partial charge in [0.05, 0.1) is 12.5 Å². The van der Waals surface area contributed by atoms with E-state index in [2.05, 4.69) is 15.7 Å². The van der Waals surface area contributed by atoms with Crippen LogP contribution in [0.2, 0.25) is 0 Å². The molecule has 2 heterocycles. The van der Waals surface area contributed by atoms with Crippen molar-refractivity contribution in [1.82, 2.24) is 15.1 Å². The van der Waals surface area contributed by atoms with Gasteiger partial charge in [0.1, 0.15) is 0 Å². The SMILES string of the molecule is O=C(NCCn1cccn1)C1CCNc2ccccc21. The quantitative estimate of drug-likeness (QED) is 0.887. The summed E-state index contributed by atoms with van der Waals surface area (Å²) in [5.74, 6) is 0.0520. The minimum Gasteiger partial charge on any atom is -0.385 e. The lowest BCUT2D eigenvalue weighted by molar-refractivity contribution is -0.122. The number of anilines is 1. The van der Waals surface area contributed by atoms with Crippen molar-refractivity contribution >= 4 is 11.6 Å². The van der Waals surface area contributed by atoms with Crippen LogP contribution >= 0.6 is 0 Å². The fourth-order valence-electron chi connectivity index (χ4n) is 2.59. The minimum absolute atomic E-state index is 0.0509. The monoisotopic (exact) mass is 270 g/mol. The molecule has 0 fully saturated rings. The summed E-state index contributed by atoms with van der Waals surface area (Å²) in [7, 11) is 0. The van der Waals surface area contributed by atoms with Gasteiger partial charge in [-0.15, -0.1) is 0 Å². The Labute approximate surface area is 118 Å². The molecule has 20 heavy (non-hydrogen) atoms. The van der Waals surface area contributed by atoms with E-state index in [4.69, 9.17) is 0 Å². The van der Waals surface area contributed by atoms with E-state index >= 15 is 0 Å². The van der Waals surface area contributed by atoms with E-state index in [0.717, 1.165) is 24.2 Å². The second-order valence-electron chi connectivity index (χ2n) is 4.92. The third-order valence-corrected chi connectivity index (χ3v) is 3.60. The first kappa shape index (κ1) is 12.7. The Morgan fingerprint density at radius 3 is 3.15 bits per heavy atom. The molecule has 0 saturated carbocycles. The van der Waals surface area contributed by atoms with Crippen LogP contribution in [0.1, 0.15) is 17.9 Å². The van der Waals surface area contributed by atoms with Crippen LogP contribution in [0.5, 0.6) is 0 Å². The Kier molecular flexibility index (Phi) is 3.67. The van der Waals surface area contributed by atoms with Crippen LogP contribution in [0.3, 0.4) is 0 Å². The molecule has 3 rings (SSSR count). The zero-order chi connectivity index (χ0) is 13.8. The van der Waals surface area contributed by atoms with E-state index in [1.165, 1.54) is 0 Å². The molecular weight excluding hydrogens is 252 g/mol. The van der Waals surface area contributed by atoms with Crippen LogP contribution in [0, 0.1) is 0 Å². The normalized spacial score (nSPS) is 17.1. The molecule has 2 aromatic rings. The van der Waals surface area contributed by atoms with Gasteiger partial charge < -0.3 is 10.6 Å². The molecule has 1 aliphatic rings. The molecular formula is C15H18N4O. The van der Waals surface area contributed by atoms with E-state index in [9.17, 15) is 4.79 Å². The lowest BCUT2D eigenvalue weighted by Gasteiger charge is -2.25. The molecule has 1 unspecified atom stereocenters. The molecule has 2 N–H and O–H groups in total. The smallest absolute Gasteiger partial charge is 0.227 e. The molecule has 1 aromatic heterocycles. The number of carbonyl (C=O) groups is 1. The Balaban J connectivity index is 1.60. The number of carbonyl (C=O) groups excluding carboxylic acids is 1. The highest BCUT2D eigenvalue weighted by atomic mass is 16.1. The van der Waals surface area contributed by atoms with E-state index in [1.54, 1.807) is 6.20 Å². The standard InChI is InChI=1S/C15H18N4O/c20-15(17-9-11-19-10-3-7-18-19)13-6-8-16-14-5-2-1-4-12(13)14/h1-5,7,10,13,16H,6,8-9,11H2,(H,17,20). The number of aromatic nitrogens is 2. The van der Waals surface area contributed by atoms with Crippen molar-refractivity contribution in [2.45, 2.75) is 18.9 Å². The third kappa shape index (κ3) is 2.66. The van der Waals surface area contributed by atoms with E-state index in [0.29, 0.717) is 13.1 Å².